The molecule has 216 valence electrons. The van der Waals surface area contributed by atoms with Gasteiger partial charge in [-0.2, -0.15) is 0 Å². The number of aliphatic hydroxyl groups is 1. The number of ketones is 1. The second-order valence-electron chi connectivity index (χ2n) is 13.9. The molecule has 5 aliphatic rings. The van der Waals surface area contributed by atoms with Crippen LogP contribution in [0.15, 0.2) is 23.8 Å². The number of carbonyl (C=O) groups excluding carboxylic acids is 2. The first-order valence-corrected chi connectivity index (χ1v) is 14.8. The van der Waals surface area contributed by atoms with Gasteiger partial charge in [-0.3, -0.25) is 9.59 Å². The molecule has 4 fully saturated rings. The molecule has 5 rings (SSSR count). The minimum absolute atomic E-state index is 0.0559. The van der Waals surface area contributed by atoms with E-state index in [0.29, 0.717) is 6.61 Å². The van der Waals surface area contributed by atoms with Crippen molar-refractivity contribution in [3.63, 3.8) is 0 Å². The fraction of sp³-hybridized carbons (Fsp3) is 0.759. The van der Waals surface area contributed by atoms with Crippen molar-refractivity contribution in [3.8, 4) is 0 Å². The summed E-state index contributed by atoms with van der Waals surface area (Å²) in [5.74, 6) is -2.99. The highest BCUT2D eigenvalue weighted by Crippen LogP contribution is 2.73. The third-order valence-corrected chi connectivity index (χ3v) is 10.9. The van der Waals surface area contributed by atoms with Gasteiger partial charge in [0.1, 0.15) is 6.17 Å². The number of hydrogen-bond donors (Lipinski definition) is 1. The van der Waals surface area contributed by atoms with Gasteiger partial charge in [0.05, 0.1) is 18.8 Å². The molecule has 10 heteroatoms. The van der Waals surface area contributed by atoms with E-state index < -0.39 is 69.0 Å². The summed E-state index contributed by atoms with van der Waals surface area (Å²) in [7, 11) is 0. The lowest BCUT2D eigenvalue weighted by molar-refractivity contribution is -0.246. The SMILES string of the molecule is CC(C)(C)COC(=S)SC(=O)[C@@]12OC(C)(C)O[C@@H]1C[C@H]1[C@@H]3C[C@H](F)C4=CC(=O)C=C[C@]4(C)[C@@]3(F)[C@@H](O)C[C@@]12C. The van der Waals surface area contributed by atoms with E-state index in [-0.39, 0.29) is 34.6 Å². The number of thioether (sulfide) groups is 1. The van der Waals surface area contributed by atoms with Gasteiger partial charge in [0, 0.05) is 28.5 Å². The minimum Gasteiger partial charge on any atom is -0.478 e. The quantitative estimate of drug-likeness (QED) is 0.432. The Labute approximate surface area is 238 Å². The highest BCUT2D eigenvalue weighted by Gasteiger charge is 2.81. The maximum atomic E-state index is 17.5. The van der Waals surface area contributed by atoms with Crippen molar-refractivity contribution in [2.45, 2.75) is 103 Å². The molecule has 4 aliphatic carbocycles. The number of aliphatic hydroxyl groups excluding tert-OH is 1. The Morgan fingerprint density at radius 3 is 2.54 bits per heavy atom. The fourth-order valence-corrected chi connectivity index (χ4v) is 9.22. The average molecular weight is 585 g/mol. The Hall–Kier alpha value is -1.20. The monoisotopic (exact) mass is 584 g/mol. The molecular weight excluding hydrogens is 546 g/mol. The lowest BCUT2D eigenvalue weighted by Gasteiger charge is -2.63. The highest BCUT2D eigenvalue weighted by molar-refractivity contribution is 8.32. The van der Waals surface area contributed by atoms with E-state index in [1.165, 1.54) is 18.2 Å². The summed E-state index contributed by atoms with van der Waals surface area (Å²) in [6, 6.07) is 0. The molecule has 39 heavy (non-hydrogen) atoms. The number of alkyl halides is 2. The van der Waals surface area contributed by atoms with Crippen LogP contribution in [0.25, 0.3) is 0 Å². The molecule has 1 heterocycles. The molecule has 0 radical (unpaired) electrons. The number of rotatable bonds is 2. The molecule has 0 amide bonds. The number of ether oxygens (including phenoxy) is 3. The van der Waals surface area contributed by atoms with Crippen molar-refractivity contribution >= 4 is 39.3 Å². The van der Waals surface area contributed by atoms with E-state index in [1.54, 1.807) is 20.8 Å². The van der Waals surface area contributed by atoms with E-state index in [2.05, 4.69) is 0 Å². The number of halogens is 2. The Morgan fingerprint density at radius 1 is 1.23 bits per heavy atom. The van der Waals surface area contributed by atoms with Gasteiger partial charge in [0.2, 0.25) is 9.50 Å². The average Bonchev–Trinajstić information content (AvgIpc) is 3.21. The van der Waals surface area contributed by atoms with Gasteiger partial charge >= 0.3 is 0 Å². The fourth-order valence-electron chi connectivity index (χ4n) is 8.11. The molecule has 1 aliphatic heterocycles. The van der Waals surface area contributed by atoms with Crippen molar-refractivity contribution in [1.82, 2.24) is 0 Å². The maximum absolute atomic E-state index is 17.5. The van der Waals surface area contributed by atoms with E-state index in [4.69, 9.17) is 26.4 Å². The van der Waals surface area contributed by atoms with Crippen LogP contribution in [-0.4, -0.2) is 62.4 Å². The van der Waals surface area contributed by atoms with Crippen LogP contribution in [-0.2, 0) is 23.8 Å². The summed E-state index contributed by atoms with van der Waals surface area (Å²) < 4.78 is 51.7. The zero-order valence-corrected chi connectivity index (χ0v) is 25.1. The molecule has 0 aromatic rings. The lowest BCUT2D eigenvalue weighted by atomic mass is 9.44. The molecule has 0 aromatic heterocycles. The Bertz CT molecular complexity index is 1180. The van der Waals surface area contributed by atoms with Crippen LogP contribution in [0, 0.1) is 28.1 Å². The third-order valence-electron chi connectivity index (χ3n) is 9.72. The maximum Gasteiger partial charge on any atom is 0.232 e. The Kier molecular flexibility index (Phi) is 6.69. The lowest BCUT2D eigenvalue weighted by Crippen LogP contribution is -2.70. The van der Waals surface area contributed by atoms with Gasteiger partial charge < -0.3 is 19.3 Å². The van der Waals surface area contributed by atoms with E-state index in [0.717, 1.165) is 11.8 Å². The standard InChI is InChI=1S/C29H38F2O6S2/c1-24(2,3)14-35-23(38)39-22(34)29-21(36-25(4,5)37-29)12-16-17-11-19(30)18-10-15(32)8-9-26(18,6)28(17,31)20(33)13-27(16,29)7/h8-10,16-17,19-21,33H,11-14H2,1-7H3/t16-,17-,19-,20-,21+,26-,27-,28-,29-/m0/s1. The number of thiocarbonyl (C=S) groups is 1. The zero-order valence-electron chi connectivity index (χ0n) is 23.5. The Balaban J connectivity index is 1.54. The first-order valence-electron chi connectivity index (χ1n) is 13.5. The summed E-state index contributed by atoms with van der Waals surface area (Å²) in [5, 5.41) is 11.2. The number of allylic oxidation sites excluding steroid dienone is 4. The van der Waals surface area contributed by atoms with Crippen LogP contribution in [0.3, 0.4) is 0 Å². The van der Waals surface area contributed by atoms with Crippen molar-refractivity contribution in [1.29, 1.82) is 0 Å². The molecule has 0 unspecified atom stereocenters. The van der Waals surface area contributed by atoms with Crippen LogP contribution in [0.5, 0.6) is 0 Å². The highest BCUT2D eigenvalue weighted by atomic mass is 32.2. The predicted octanol–water partition coefficient (Wildman–Crippen LogP) is 5.41. The largest absolute Gasteiger partial charge is 0.478 e. The van der Waals surface area contributed by atoms with Crippen LogP contribution in [0.1, 0.15) is 67.7 Å². The normalized spacial score (nSPS) is 46.1. The second kappa shape index (κ2) is 8.90. The van der Waals surface area contributed by atoms with Crippen LogP contribution < -0.4 is 0 Å². The molecule has 9 atom stereocenters. The van der Waals surface area contributed by atoms with Gasteiger partial charge in [0.15, 0.2) is 22.8 Å². The molecule has 0 spiro atoms. The molecule has 6 nitrogen and oxygen atoms in total. The molecule has 1 saturated heterocycles. The Morgan fingerprint density at radius 2 is 1.90 bits per heavy atom. The number of fused-ring (bicyclic) bond motifs is 7. The van der Waals surface area contributed by atoms with Gasteiger partial charge in [0.25, 0.3) is 0 Å². The molecule has 0 aromatic carbocycles. The van der Waals surface area contributed by atoms with Gasteiger partial charge in [-0.1, -0.05) is 33.8 Å². The zero-order chi connectivity index (χ0) is 29.0. The van der Waals surface area contributed by atoms with Gasteiger partial charge in [-0.15, -0.1) is 0 Å². The summed E-state index contributed by atoms with van der Waals surface area (Å²) in [5.41, 5.74) is -6.50. The number of carbonyl (C=O) groups is 2. The first-order chi connectivity index (χ1) is 17.8. The minimum atomic E-state index is -2.25. The van der Waals surface area contributed by atoms with E-state index >= 15 is 8.78 Å². The topological polar surface area (TPSA) is 82.1 Å². The number of hydrogen-bond acceptors (Lipinski definition) is 8. The van der Waals surface area contributed by atoms with Crippen LogP contribution >= 0.6 is 24.0 Å². The predicted molar refractivity (Wildman–Crippen MR) is 147 cm³/mol. The second-order valence-corrected chi connectivity index (χ2v) is 15.5. The van der Waals surface area contributed by atoms with Gasteiger partial charge in [-0.25, -0.2) is 8.78 Å². The van der Waals surface area contributed by atoms with Crippen molar-refractivity contribution in [2.75, 3.05) is 6.61 Å². The van der Waals surface area contributed by atoms with Crippen LogP contribution in [0.4, 0.5) is 8.78 Å². The van der Waals surface area contributed by atoms with E-state index in [9.17, 15) is 14.7 Å². The third kappa shape index (κ3) is 4.06. The summed E-state index contributed by atoms with van der Waals surface area (Å²) >= 11 is 6.16. The summed E-state index contributed by atoms with van der Waals surface area (Å²) in [6.07, 6.45) is -0.0919. The summed E-state index contributed by atoms with van der Waals surface area (Å²) in [4.78, 5) is 26.2. The summed E-state index contributed by atoms with van der Waals surface area (Å²) in [6.45, 7) is 13.1. The molecule has 3 saturated carbocycles. The van der Waals surface area contributed by atoms with Crippen molar-refractivity contribution in [2.24, 2.45) is 28.1 Å². The van der Waals surface area contributed by atoms with Crippen molar-refractivity contribution in [3.05, 3.63) is 23.8 Å². The van der Waals surface area contributed by atoms with Crippen LogP contribution in [0.2, 0.25) is 0 Å². The molecular formula is C29H38F2O6S2. The smallest absolute Gasteiger partial charge is 0.232 e. The van der Waals surface area contributed by atoms with Crippen molar-refractivity contribution < 1.29 is 37.7 Å². The molecule has 1 N–H and O–H groups in total. The first kappa shape index (κ1) is 29.3. The van der Waals surface area contributed by atoms with E-state index in [1.807, 2.05) is 27.7 Å². The van der Waals surface area contributed by atoms with Gasteiger partial charge in [-0.05, 0) is 81.3 Å². The molecule has 0 bridgehead atoms.